The van der Waals surface area contributed by atoms with Crippen molar-refractivity contribution in [2.75, 3.05) is 18.9 Å². The van der Waals surface area contributed by atoms with E-state index in [-0.39, 0.29) is 17.1 Å². The van der Waals surface area contributed by atoms with Crippen LogP contribution in [-0.2, 0) is 0 Å². The molecule has 0 saturated carbocycles. The van der Waals surface area contributed by atoms with Crippen LogP contribution in [0, 0.1) is 0 Å². The minimum absolute atomic E-state index is 0.0401. The van der Waals surface area contributed by atoms with Crippen molar-refractivity contribution in [1.29, 1.82) is 0 Å². The summed E-state index contributed by atoms with van der Waals surface area (Å²) in [6, 6.07) is 0.328. The van der Waals surface area contributed by atoms with Crippen molar-refractivity contribution in [3.63, 3.8) is 0 Å². The van der Waals surface area contributed by atoms with Crippen molar-refractivity contribution >= 4 is 5.69 Å². The molecule has 1 aliphatic heterocycles. The van der Waals surface area contributed by atoms with Crippen molar-refractivity contribution in [2.45, 2.75) is 25.3 Å². The summed E-state index contributed by atoms with van der Waals surface area (Å²) in [6.45, 7) is 1.52. The maximum absolute atomic E-state index is 11.2. The van der Waals surface area contributed by atoms with Gasteiger partial charge in [0, 0.05) is 6.04 Å². The topological polar surface area (TPSA) is 93.0 Å². The second kappa shape index (κ2) is 4.98. The quantitative estimate of drug-likeness (QED) is 0.665. The Hall–Kier alpha value is -1.56. The Kier molecular flexibility index (Phi) is 3.40. The van der Waals surface area contributed by atoms with Gasteiger partial charge in [-0.2, -0.15) is 0 Å². The second-order valence-corrected chi connectivity index (χ2v) is 3.91. The van der Waals surface area contributed by atoms with Gasteiger partial charge in [0.2, 0.25) is 5.88 Å². The fourth-order valence-electron chi connectivity index (χ4n) is 1.75. The predicted molar refractivity (Wildman–Crippen MR) is 60.4 cm³/mol. The molecule has 1 aromatic heterocycles. The lowest BCUT2D eigenvalue weighted by molar-refractivity contribution is 0.232. The van der Waals surface area contributed by atoms with Crippen LogP contribution >= 0.6 is 0 Å². The van der Waals surface area contributed by atoms with Gasteiger partial charge in [-0.3, -0.25) is 4.79 Å². The lowest BCUT2D eigenvalue weighted by Gasteiger charge is -2.23. The number of H-pyrrole nitrogens is 1. The first-order valence-corrected chi connectivity index (χ1v) is 5.46. The van der Waals surface area contributed by atoms with Gasteiger partial charge in [0.15, 0.2) is 5.69 Å². The summed E-state index contributed by atoms with van der Waals surface area (Å²) in [5.41, 5.74) is 5.23. The van der Waals surface area contributed by atoms with Crippen LogP contribution in [0.25, 0.3) is 0 Å². The summed E-state index contributed by atoms with van der Waals surface area (Å²) in [7, 11) is 0. The molecular formula is C10H16N4O2. The van der Waals surface area contributed by atoms with E-state index in [1.54, 1.807) is 0 Å². The molecule has 1 aromatic rings. The number of hydrogen-bond donors (Lipinski definition) is 3. The van der Waals surface area contributed by atoms with Crippen molar-refractivity contribution in [3.05, 3.63) is 16.7 Å². The number of rotatable bonds is 3. The van der Waals surface area contributed by atoms with E-state index in [1.165, 1.54) is 19.2 Å². The zero-order chi connectivity index (χ0) is 11.4. The zero-order valence-electron chi connectivity index (χ0n) is 9.03. The third-order valence-electron chi connectivity index (χ3n) is 2.69. The summed E-state index contributed by atoms with van der Waals surface area (Å²) in [6.07, 6.45) is 4.80. The lowest BCUT2D eigenvalue weighted by Crippen LogP contribution is -2.38. The van der Waals surface area contributed by atoms with Gasteiger partial charge in [-0.15, -0.1) is 0 Å². The molecule has 0 radical (unpaired) electrons. The Morgan fingerprint density at radius 1 is 1.56 bits per heavy atom. The van der Waals surface area contributed by atoms with Crippen LogP contribution in [0.4, 0.5) is 5.69 Å². The molecule has 6 nitrogen and oxygen atoms in total. The molecule has 16 heavy (non-hydrogen) atoms. The van der Waals surface area contributed by atoms with Crippen LogP contribution in [0.3, 0.4) is 0 Å². The van der Waals surface area contributed by atoms with Crippen LogP contribution in [0.1, 0.15) is 19.3 Å². The molecule has 88 valence electrons. The SMILES string of the molecule is Nc1c(OCC2CCCCN2)nc[nH]c1=O. The molecular weight excluding hydrogens is 208 g/mol. The molecule has 1 saturated heterocycles. The van der Waals surface area contributed by atoms with Crippen molar-refractivity contribution < 1.29 is 4.74 Å². The normalized spacial score (nSPS) is 20.6. The molecule has 2 heterocycles. The number of aromatic nitrogens is 2. The summed E-state index contributed by atoms with van der Waals surface area (Å²) < 4.78 is 5.44. The molecule has 1 unspecified atom stereocenters. The fraction of sp³-hybridized carbons (Fsp3) is 0.600. The molecule has 0 amide bonds. The summed E-state index contributed by atoms with van der Waals surface area (Å²) in [4.78, 5) is 17.5. The molecule has 0 aromatic carbocycles. The number of anilines is 1. The van der Waals surface area contributed by atoms with Gasteiger partial charge < -0.3 is 20.8 Å². The van der Waals surface area contributed by atoms with Gasteiger partial charge in [0.1, 0.15) is 6.61 Å². The molecule has 6 heteroatoms. The van der Waals surface area contributed by atoms with E-state index in [0.29, 0.717) is 12.6 Å². The Balaban J connectivity index is 1.93. The standard InChI is InChI=1S/C10H16N4O2/c11-8-9(15)13-6-14-10(8)16-5-7-3-1-2-4-12-7/h6-7,12H,1-5,11H2,(H,13,14,15). The van der Waals surface area contributed by atoms with E-state index >= 15 is 0 Å². The molecule has 0 aliphatic carbocycles. The maximum atomic E-state index is 11.2. The number of ether oxygens (including phenoxy) is 1. The highest BCUT2D eigenvalue weighted by atomic mass is 16.5. The average Bonchev–Trinajstić information content (AvgIpc) is 2.32. The van der Waals surface area contributed by atoms with Gasteiger partial charge in [-0.05, 0) is 19.4 Å². The maximum Gasteiger partial charge on any atom is 0.277 e. The number of piperidine rings is 1. The Morgan fingerprint density at radius 2 is 2.44 bits per heavy atom. The largest absolute Gasteiger partial charge is 0.474 e. The van der Waals surface area contributed by atoms with Gasteiger partial charge >= 0.3 is 0 Å². The first-order valence-electron chi connectivity index (χ1n) is 5.46. The second-order valence-electron chi connectivity index (χ2n) is 3.91. The van der Waals surface area contributed by atoms with E-state index in [0.717, 1.165) is 13.0 Å². The molecule has 1 fully saturated rings. The van der Waals surface area contributed by atoms with E-state index in [4.69, 9.17) is 10.5 Å². The highest BCUT2D eigenvalue weighted by Gasteiger charge is 2.14. The van der Waals surface area contributed by atoms with Crippen LogP contribution in [0.5, 0.6) is 5.88 Å². The van der Waals surface area contributed by atoms with Gasteiger partial charge in [0.05, 0.1) is 6.33 Å². The Morgan fingerprint density at radius 3 is 3.19 bits per heavy atom. The van der Waals surface area contributed by atoms with Crippen LogP contribution in [-0.4, -0.2) is 29.2 Å². The zero-order valence-corrected chi connectivity index (χ0v) is 9.03. The molecule has 1 atom stereocenters. The summed E-state index contributed by atoms with van der Waals surface area (Å²) in [5, 5.41) is 3.34. The first-order chi connectivity index (χ1) is 7.77. The van der Waals surface area contributed by atoms with Gasteiger partial charge in [0.25, 0.3) is 5.56 Å². The lowest BCUT2D eigenvalue weighted by atomic mass is 10.1. The number of nitrogens with one attached hydrogen (secondary N) is 2. The molecule has 1 aliphatic rings. The number of aromatic amines is 1. The third-order valence-corrected chi connectivity index (χ3v) is 2.69. The van der Waals surface area contributed by atoms with E-state index < -0.39 is 0 Å². The fourth-order valence-corrected chi connectivity index (χ4v) is 1.75. The number of hydrogen-bond acceptors (Lipinski definition) is 5. The predicted octanol–water partition coefficient (Wildman–Crippen LogP) is -0.127. The van der Waals surface area contributed by atoms with Crippen LogP contribution < -0.4 is 21.3 Å². The molecule has 2 rings (SSSR count). The summed E-state index contributed by atoms with van der Waals surface area (Å²) in [5.74, 6) is 0.219. The minimum atomic E-state index is -0.360. The molecule has 0 spiro atoms. The third kappa shape index (κ3) is 2.52. The average molecular weight is 224 g/mol. The Bertz CT molecular complexity index is 398. The molecule has 0 bridgehead atoms. The van der Waals surface area contributed by atoms with Gasteiger partial charge in [-0.1, -0.05) is 6.42 Å². The van der Waals surface area contributed by atoms with Gasteiger partial charge in [-0.25, -0.2) is 4.98 Å². The first kappa shape index (κ1) is 10.9. The number of nitrogens with zero attached hydrogens (tertiary/aromatic N) is 1. The van der Waals surface area contributed by atoms with E-state index in [1.807, 2.05) is 0 Å². The van der Waals surface area contributed by atoms with Crippen molar-refractivity contribution in [2.24, 2.45) is 0 Å². The summed E-state index contributed by atoms with van der Waals surface area (Å²) >= 11 is 0. The monoisotopic (exact) mass is 224 g/mol. The number of nitrogen functional groups attached to an aromatic ring is 1. The molecule has 4 N–H and O–H groups in total. The highest BCUT2D eigenvalue weighted by Crippen LogP contribution is 2.13. The highest BCUT2D eigenvalue weighted by molar-refractivity contribution is 5.44. The Labute approximate surface area is 93.2 Å². The van der Waals surface area contributed by atoms with E-state index in [2.05, 4.69) is 15.3 Å². The van der Waals surface area contributed by atoms with Crippen molar-refractivity contribution in [1.82, 2.24) is 15.3 Å². The van der Waals surface area contributed by atoms with Crippen molar-refractivity contribution in [3.8, 4) is 5.88 Å². The minimum Gasteiger partial charge on any atom is -0.474 e. The van der Waals surface area contributed by atoms with E-state index in [9.17, 15) is 4.79 Å². The van der Waals surface area contributed by atoms with Crippen LogP contribution in [0.2, 0.25) is 0 Å². The van der Waals surface area contributed by atoms with Crippen LogP contribution in [0.15, 0.2) is 11.1 Å². The number of nitrogens with two attached hydrogens (primary N) is 1. The smallest absolute Gasteiger partial charge is 0.277 e.